The second-order valence-corrected chi connectivity index (χ2v) is 9.53. The van der Waals surface area contributed by atoms with Gasteiger partial charge in [-0.3, -0.25) is 9.69 Å². The van der Waals surface area contributed by atoms with E-state index in [2.05, 4.69) is 10.00 Å². The lowest BCUT2D eigenvalue weighted by atomic mass is 10.2. The lowest BCUT2D eigenvalue weighted by Gasteiger charge is -2.37. The molecule has 0 bridgehead atoms. The summed E-state index contributed by atoms with van der Waals surface area (Å²) in [5, 5.41) is 4.33. The molecule has 4 rings (SSSR count). The van der Waals surface area contributed by atoms with Gasteiger partial charge in [0.2, 0.25) is 5.91 Å². The fraction of sp³-hybridized carbons (Fsp3) is 0.400. The van der Waals surface area contributed by atoms with Crippen molar-refractivity contribution in [3.63, 3.8) is 0 Å². The van der Waals surface area contributed by atoms with Gasteiger partial charge in [-0.15, -0.1) is 0 Å². The maximum Gasteiger partial charge on any atom is 0.246 e. The smallest absolute Gasteiger partial charge is 0.246 e. The van der Waals surface area contributed by atoms with Crippen molar-refractivity contribution in [2.24, 2.45) is 0 Å². The number of benzene rings is 1. The summed E-state index contributed by atoms with van der Waals surface area (Å²) in [5.74, 6) is 0.522. The van der Waals surface area contributed by atoms with Gasteiger partial charge >= 0.3 is 0 Å². The van der Waals surface area contributed by atoms with Crippen molar-refractivity contribution >= 4 is 21.8 Å². The van der Waals surface area contributed by atoms with Gasteiger partial charge in [0.25, 0.3) is 0 Å². The van der Waals surface area contributed by atoms with Gasteiger partial charge in [-0.2, -0.15) is 5.10 Å². The zero-order valence-corrected chi connectivity index (χ0v) is 16.5. The fourth-order valence-corrected chi connectivity index (χ4v) is 5.55. The molecule has 148 valence electrons. The number of rotatable bonds is 4. The Bertz CT molecular complexity index is 960. The summed E-state index contributed by atoms with van der Waals surface area (Å²) in [5.41, 5.74) is 1.84. The Kier molecular flexibility index (Phi) is 5.32. The molecule has 28 heavy (non-hydrogen) atoms. The predicted octanol–water partition coefficient (Wildman–Crippen LogP) is 1.22. The highest BCUT2D eigenvalue weighted by atomic mass is 32.2. The van der Waals surface area contributed by atoms with Crippen molar-refractivity contribution in [1.29, 1.82) is 0 Å². The molecular weight excluding hydrogens is 376 g/mol. The molecule has 1 aromatic heterocycles. The zero-order chi connectivity index (χ0) is 19.6. The number of para-hydroxylation sites is 1. The number of aromatic nitrogens is 2. The highest BCUT2D eigenvalue weighted by Gasteiger charge is 2.34. The van der Waals surface area contributed by atoms with Gasteiger partial charge < -0.3 is 4.90 Å². The largest absolute Gasteiger partial charge is 0.337 e. The Labute approximate surface area is 165 Å². The van der Waals surface area contributed by atoms with Crippen molar-refractivity contribution in [3.05, 3.63) is 54.4 Å². The summed E-state index contributed by atoms with van der Waals surface area (Å²) in [6.07, 6.45) is 7.70. The Balaban J connectivity index is 1.31. The monoisotopic (exact) mass is 400 g/mol. The van der Waals surface area contributed by atoms with Crippen LogP contribution in [0, 0.1) is 0 Å². The Hall–Kier alpha value is -2.45. The first-order chi connectivity index (χ1) is 13.5. The molecule has 3 heterocycles. The minimum absolute atomic E-state index is 0.0221. The molecule has 0 aliphatic carbocycles. The maximum absolute atomic E-state index is 12.5. The molecule has 2 aliphatic heterocycles. The fourth-order valence-electron chi connectivity index (χ4n) is 3.79. The summed E-state index contributed by atoms with van der Waals surface area (Å²) in [6.45, 7) is 2.71. The number of carbonyl (C=O) groups excluding carboxylic acids is 1. The van der Waals surface area contributed by atoms with Crippen molar-refractivity contribution in [2.45, 2.75) is 12.5 Å². The molecule has 2 aromatic rings. The molecule has 2 fully saturated rings. The second kappa shape index (κ2) is 7.89. The first kappa shape index (κ1) is 18.9. The molecule has 0 radical (unpaired) electrons. The SMILES string of the molecule is O=C(/C=C/c1cnn(-c2ccccc2)c1)N1CCN([C@@H]2CCS(=O)(=O)C2)CC1. The minimum Gasteiger partial charge on any atom is -0.337 e. The van der Waals surface area contributed by atoms with Crippen LogP contribution < -0.4 is 0 Å². The Morgan fingerprint density at radius 1 is 1.11 bits per heavy atom. The van der Waals surface area contributed by atoms with Crippen LogP contribution in [0.2, 0.25) is 0 Å². The minimum atomic E-state index is -2.87. The number of hydrogen-bond acceptors (Lipinski definition) is 5. The molecule has 1 amide bonds. The van der Waals surface area contributed by atoms with Gasteiger partial charge in [0.15, 0.2) is 9.84 Å². The van der Waals surface area contributed by atoms with Gasteiger partial charge in [-0.05, 0) is 24.6 Å². The molecule has 0 saturated carbocycles. The van der Waals surface area contributed by atoms with Gasteiger partial charge in [-0.25, -0.2) is 13.1 Å². The summed E-state index contributed by atoms with van der Waals surface area (Å²) in [7, 11) is -2.87. The third-order valence-corrected chi connectivity index (χ3v) is 7.14. The van der Waals surface area contributed by atoms with Crippen LogP contribution in [-0.4, -0.2) is 77.6 Å². The van der Waals surface area contributed by atoms with E-state index >= 15 is 0 Å². The summed E-state index contributed by atoms with van der Waals surface area (Å²) < 4.78 is 25.1. The quantitative estimate of drug-likeness (QED) is 0.722. The molecule has 2 aliphatic rings. The van der Waals surface area contributed by atoms with Crippen LogP contribution in [-0.2, 0) is 14.6 Å². The van der Waals surface area contributed by atoms with E-state index in [0.29, 0.717) is 19.5 Å². The van der Waals surface area contributed by atoms with Crippen LogP contribution >= 0.6 is 0 Å². The lowest BCUT2D eigenvalue weighted by molar-refractivity contribution is -0.127. The molecular formula is C20H24N4O3S. The van der Waals surface area contributed by atoms with E-state index in [1.54, 1.807) is 23.0 Å². The van der Waals surface area contributed by atoms with Crippen molar-refractivity contribution in [1.82, 2.24) is 19.6 Å². The normalized spacial score (nSPS) is 22.7. The van der Waals surface area contributed by atoms with Gasteiger partial charge in [0.05, 0.1) is 23.4 Å². The number of amides is 1. The number of hydrogen-bond donors (Lipinski definition) is 0. The van der Waals surface area contributed by atoms with Crippen LogP contribution in [0.4, 0.5) is 0 Å². The summed E-state index contributed by atoms with van der Waals surface area (Å²) in [6, 6.07) is 9.92. The molecule has 8 heteroatoms. The van der Waals surface area contributed by atoms with Gasteiger partial charge in [0.1, 0.15) is 0 Å². The van der Waals surface area contributed by atoms with Crippen LogP contribution in [0.5, 0.6) is 0 Å². The first-order valence-corrected chi connectivity index (χ1v) is 11.3. The number of carbonyl (C=O) groups is 1. The Morgan fingerprint density at radius 3 is 2.54 bits per heavy atom. The molecule has 0 N–H and O–H groups in total. The van der Waals surface area contributed by atoms with Crippen LogP contribution in [0.15, 0.2) is 48.8 Å². The zero-order valence-electron chi connectivity index (χ0n) is 15.6. The number of sulfone groups is 1. The predicted molar refractivity (Wildman–Crippen MR) is 108 cm³/mol. The first-order valence-electron chi connectivity index (χ1n) is 9.52. The van der Waals surface area contributed by atoms with Crippen molar-refractivity contribution < 1.29 is 13.2 Å². The van der Waals surface area contributed by atoms with E-state index in [4.69, 9.17) is 0 Å². The average Bonchev–Trinajstić information content (AvgIpc) is 3.33. The van der Waals surface area contributed by atoms with E-state index in [9.17, 15) is 13.2 Å². The van der Waals surface area contributed by atoms with Crippen LogP contribution in [0.3, 0.4) is 0 Å². The van der Waals surface area contributed by atoms with E-state index in [1.165, 1.54) is 0 Å². The molecule has 7 nitrogen and oxygen atoms in total. The van der Waals surface area contributed by atoms with Gasteiger partial charge in [-0.1, -0.05) is 18.2 Å². The highest BCUT2D eigenvalue weighted by molar-refractivity contribution is 7.91. The molecule has 1 aromatic carbocycles. The maximum atomic E-state index is 12.5. The van der Waals surface area contributed by atoms with E-state index in [-0.39, 0.29) is 23.5 Å². The number of nitrogens with zero attached hydrogens (tertiary/aromatic N) is 4. The second-order valence-electron chi connectivity index (χ2n) is 7.31. The molecule has 0 unspecified atom stereocenters. The summed E-state index contributed by atoms with van der Waals surface area (Å²) >= 11 is 0. The Morgan fingerprint density at radius 2 is 1.86 bits per heavy atom. The van der Waals surface area contributed by atoms with Crippen LogP contribution in [0.1, 0.15) is 12.0 Å². The third-order valence-electron chi connectivity index (χ3n) is 5.39. The molecule has 1 atom stereocenters. The lowest BCUT2D eigenvalue weighted by Crippen LogP contribution is -2.52. The number of piperazine rings is 1. The van der Waals surface area contributed by atoms with Crippen LogP contribution in [0.25, 0.3) is 11.8 Å². The van der Waals surface area contributed by atoms with E-state index < -0.39 is 9.84 Å². The molecule has 2 saturated heterocycles. The van der Waals surface area contributed by atoms with Crippen molar-refractivity contribution in [3.8, 4) is 5.69 Å². The summed E-state index contributed by atoms with van der Waals surface area (Å²) in [4.78, 5) is 16.5. The van der Waals surface area contributed by atoms with E-state index in [1.807, 2.05) is 41.4 Å². The van der Waals surface area contributed by atoms with Gasteiger partial charge in [0, 0.05) is 50.1 Å². The third kappa shape index (κ3) is 4.34. The van der Waals surface area contributed by atoms with E-state index in [0.717, 1.165) is 24.3 Å². The van der Waals surface area contributed by atoms with Crippen molar-refractivity contribution in [2.75, 3.05) is 37.7 Å². The highest BCUT2D eigenvalue weighted by Crippen LogP contribution is 2.19. The average molecular weight is 401 g/mol. The molecule has 0 spiro atoms. The topological polar surface area (TPSA) is 75.5 Å². The standard InChI is InChI=1S/C20H24N4O3S/c25-20(7-6-17-14-21-24(15-17)18-4-2-1-3-5-18)23-11-9-22(10-12-23)19-8-13-28(26,27)16-19/h1-7,14-15,19H,8-13,16H2/b7-6+/t19-/m1/s1.